The van der Waals surface area contributed by atoms with Gasteiger partial charge in [-0.1, -0.05) is 0 Å². The number of piperidine rings is 1. The lowest BCUT2D eigenvalue weighted by Crippen LogP contribution is -2.61. The van der Waals surface area contributed by atoms with Crippen molar-refractivity contribution >= 4 is 18.8 Å². The van der Waals surface area contributed by atoms with Crippen LogP contribution in [-0.2, 0) is 9.47 Å². The number of ether oxygens (including phenoxy) is 3. The van der Waals surface area contributed by atoms with Crippen LogP contribution in [0.4, 0.5) is 10.2 Å². The Bertz CT molecular complexity index is 1290. The monoisotopic (exact) mass is 610 g/mol. The molecule has 0 unspecified atom stereocenters. The van der Waals surface area contributed by atoms with Crippen LogP contribution in [-0.4, -0.2) is 115 Å². The minimum absolute atomic E-state index is 0.137. The zero-order valence-corrected chi connectivity index (χ0v) is 26.0. The Morgan fingerprint density at radius 3 is 2.59 bits per heavy atom. The van der Waals surface area contributed by atoms with Crippen LogP contribution in [0.1, 0.15) is 49.9 Å². The first kappa shape index (κ1) is 31.2. The number of benzene rings is 1. The van der Waals surface area contributed by atoms with E-state index in [1.54, 1.807) is 17.9 Å². The smallest absolute Gasteiger partial charge is 0.373 e. The first-order chi connectivity index (χ1) is 21.2. The van der Waals surface area contributed by atoms with Crippen LogP contribution in [0.3, 0.4) is 0 Å². The number of amides is 1. The highest BCUT2D eigenvalue weighted by Crippen LogP contribution is 2.45. The van der Waals surface area contributed by atoms with Crippen molar-refractivity contribution < 1.29 is 28.4 Å². The standard InChI is InChI=1S/C31H44BFN6O5/c1-21-15-42-16-22(2)39(21)30(40)26-12-23(33)4-7-27(26)44-28-13-34-20-35-29(28)38-18-31(19-38)8-10-37(11-9-31)14-25-6-5-24(17-43-25)36-32(3)41/h4,7,12-13,20-22,24-25,36,41H,5-6,8-11,14-19H2,1-3H3/t21-,22-,24-,25+/m1/s1. The summed E-state index contributed by atoms with van der Waals surface area (Å²) in [6, 6.07) is 4.00. The summed E-state index contributed by atoms with van der Waals surface area (Å²) < 4.78 is 32.4. The van der Waals surface area contributed by atoms with Gasteiger partial charge in [-0.25, -0.2) is 14.4 Å². The van der Waals surface area contributed by atoms with Crippen molar-refractivity contribution in [2.75, 3.05) is 57.4 Å². The van der Waals surface area contributed by atoms with Crippen molar-refractivity contribution in [1.82, 2.24) is 25.0 Å². The number of carbonyl (C=O) groups excluding carboxylic acids is 1. The molecule has 1 aromatic carbocycles. The summed E-state index contributed by atoms with van der Waals surface area (Å²) >= 11 is 0. The summed E-state index contributed by atoms with van der Waals surface area (Å²) in [7, 11) is -0.511. The molecule has 0 bridgehead atoms. The lowest BCUT2D eigenvalue weighted by atomic mass is 9.72. The first-order valence-electron chi connectivity index (χ1n) is 15.9. The van der Waals surface area contributed by atoms with E-state index in [9.17, 15) is 14.2 Å². The molecular formula is C31H44BFN6O5. The highest BCUT2D eigenvalue weighted by molar-refractivity contribution is 6.45. The number of halogens is 1. The predicted octanol–water partition coefficient (Wildman–Crippen LogP) is 2.81. The van der Waals surface area contributed by atoms with Crippen LogP contribution in [0.2, 0.25) is 6.82 Å². The number of anilines is 1. The summed E-state index contributed by atoms with van der Waals surface area (Å²) in [5.41, 5.74) is 0.405. The van der Waals surface area contributed by atoms with Crippen molar-refractivity contribution in [3.8, 4) is 11.5 Å². The third kappa shape index (κ3) is 6.86. The van der Waals surface area contributed by atoms with Crippen molar-refractivity contribution in [2.24, 2.45) is 5.41 Å². The van der Waals surface area contributed by atoms with Gasteiger partial charge >= 0.3 is 7.05 Å². The SMILES string of the molecule is CB(O)N[C@@H]1CC[C@@H](CN2CCC3(CC2)CN(c2ncncc2Oc2ccc(F)cc2C(=O)N2[C@H](C)COC[C@H]2C)C3)OC1. The molecule has 6 rings (SSSR count). The van der Waals surface area contributed by atoms with E-state index in [2.05, 4.69) is 25.0 Å². The number of likely N-dealkylation sites (tertiary alicyclic amines) is 1. The van der Waals surface area contributed by atoms with Crippen LogP contribution < -0.4 is 14.9 Å². The molecule has 0 aliphatic carbocycles. The van der Waals surface area contributed by atoms with Crippen molar-refractivity contribution in [3.63, 3.8) is 0 Å². The molecule has 11 nitrogen and oxygen atoms in total. The molecule has 4 aliphatic heterocycles. The Hall–Kier alpha value is -2.84. The molecule has 1 aromatic heterocycles. The summed E-state index contributed by atoms with van der Waals surface area (Å²) in [6.07, 6.45) is 7.60. The van der Waals surface area contributed by atoms with E-state index >= 15 is 0 Å². The van der Waals surface area contributed by atoms with Crippen molar-refractivity contribution in [3.05, 3.63) is 42.1 Å². The van der Waals surface area contributed by atoms with Gasteiger partial charge in [-0.3, -0.25) is 4.79 Å². The third-order valence-corrected chi connectivity index (χ3v) is 9.53. The zero-order chi connectivity index (χ0) is 30.8. The van der Waals surface area contributed by atoms with E-state index in [0.29, 0.717) is 31.4 Å². The lowest BCUT2D eigenvalue weighted by molar-refractivity contribution is -0.0305. The molecular weight excluding hydrogens is 566 g/mol. The highest BCUT2D eigenvalue weighted by Gasteiger charge is 2.46. The summed E-state index contributed by atoms with van der Waals surface area (Å²) in [5, 5.41) is 12.7. The molecule has 4 fully saturated rings. The van der Waals surface area contributed by atoms with E-state index in [4.69, 9.17) is 14.2 Å². The van der Waals surface area contributed by atoms with E-state index < -0.39 is 12.9 Å². The Labute approximate surface area is 259 Å². The third-order valence-electron chi connectivity index (χ3n) is 9.53. The molecule has 2 aromatic rings. The minimum Gasteiger partial charge on any atom is -0.451 e. The number of aromatic nitrogens is 2. The van der Waals surface area contributed by atoms with Gasteiger partial charge in [0.25, 0.3) is 5.91 Å². The summed E-state index contributed by atoms with van der Waals surface area (Å²) in [4.78, 5) is 28.9. The largest absolute Gasteiger partial charge is 0.451 e. The Balaban J connectivity index is 1.06. The zero-order valence-electron chi connectivity index (χ0n) is 26.0. The molecule has 4 saturated heterocycles. The first-order valence-corrected chi connectivity index (χ1v) is 15.9. The van der Waals surface area contributed by atoms with Crippen molar-refractivity contribution in [1.29, 1.82) is 0 Å². The normalized spacial score (nSPS) is 27.2. The van der Waals surface area contributed by atoms with Gasteiger partial charge in [0, 0.05) is 31.1 Å². The molecule has 1 amide bonds. The molecule has 2 N–H and O–H groups in total. The fourth-order valence-corrected chi connectivity index (χ4v) is 7.19. The Morgan fingerprint density at radius 1 is 1.16 bits per heavy atom. The average molecular weight is 611 g/mol. The number of carbonyl (C=O) groups is 1. The quantitative estimate of drug-likeness (QED) is 0.433. The summed E-state index contributed by atoms with van der Waals surface area (Å²) in [6.45, 7) is 11.9. The van der Waals surface area contributed by atoms with Gasteiger partial charge < -0.3 is 39.2 Å². The molecule has 4 atom stereocenters. The molecule has 44 heavy (non-hydrogen) atoms. The van der Waals surface area contributed by atoms with Crippen LogP contribution >= 0.6 is 0 Å². The molecule has 4 aliphatic rings. The summed E-state index contributed by atoms with van der Waals surface area (Å²) in [5.74, 6) is 0.620. The molecule has 238 valence electrons. The maximum atomic E-state index is 14.4. The second-order valence-electron chi connectivity index (χ2n) is 13.1. The minimum atomic E-state index is -0.511. The van der Waals surface area contributed by atoms with Gasteiger partial charge in [0.2, 0.25) is 0 Å². The van der Waals surface area contributed by atoms with Gasteiger partial charge in [-0.05, 0) is 77.6 Å². The number of hydrogen-bond donors (Lipinski definition) is 2. The van der Waals surface area contributed by atoms with Gasteiger partial charge in [0.1, 0.15) is 17.9 Å². The van der Waals surface area contributed by atoms with Crippen LogP contribution in [0.25, 0.3) is 0 Å². The van der Waals surface area contributed by atoms with Crippen LogP contribution in [0.15, 0.2) is 30.7 Å². The molecule has 0 saturated carbocycles. The van der Waals surface area contributed by atoms with E-state index in [0.717, 1.165) is 58.4 Å². The second kappa shape index (κ2) is 13.3. The van der Waals surface area contributed by atoms with Gasteiger partial charge in [0.05, 0.1) is 49.8 Å². The number of rotatable bonds is 8. The van der Waals surface area contributed by atoms with Gasteiger partial charge in [-0.15, -0.1) is 0 Å². The van der Waals surface area contributed by atoms with E-state index in [1.165, 1.54) is 24.5 Å². The number of hydrogen-bond acceptors (Lipinski definition) is 10. The number of nitrogens with one attached hydrogen (secondary N) is 1. The topological polar surface area (TPSA) is 113 Å². The predicted molar refractivity (Wildman–Crippen MR) is 164 cm³/mol. The molecule has 0 radical (unpaired) electrons. The van der Waals surface area contributed by atoms with E-state index in [-0.39, 0.29) is 46.9 Å². The second-order valence-corrected chi connectivity index (χ2v) is 13.1. The fraction of sp³-hybridized carbons (Fsp3) is 0.645. The lowest BCUT2D eigenvalue weighted by Gasteiger charge is -2.54. The van der Waals surface area contributed by atoms with Crippen molar-refractivity contribution in [2.45, 2.75) is 70.6 Å². The molecule has 5 heterocycles. The van der Waals surface area contributed by atoms with Gasteiger partial charge in [0.15, 0.2) is 11.6 Å². The van der Waals surface area contributed by atoms with E-state index in [1.807, 2.05) is 13.8 Å². The Morgan fingerprint density at radius 2 is 1.91 bits per heavy atom. The maximum Gasteiger partial charge on any atom is 0.373 e. The maximum absolute atomic E-state index is 14.4. The highest BCUT2D eigenvalue weighted by atomic mass is 19.1. The molecule has 13 heteroatoms. The van der Waals surface area contributed by atoms with Gasteiger partial charge in [-0.2, -0.15) is 0 Å². The van der Waals surface area contributed by atoms with Crippen LogP contribution in [0.5, 0.6) is 11.5 Å². The Kier molecular flexibility index (Phi) is 9.39. The van der Waals surface area contributed by atoms with Crippen LogP contribution in [0, 0.1) is 11.2 Å². The number of nitrogens with zero attached hydrogens (tertiary/aromatic N) is 5. The molecule has 1 spiro atoms. The number of morpholine rings is 1. The fourth-order valence-electron chi connectivity index (χ4n) is 7.19. The average Bonchev–Trinajstić information content (AvgIpc) is 2.98.